The quantitative estimate of drug-likeness (QED) is 0.0636. The maximum Gasteiger partial charge on any atom is 0.0701 e. The second-order valence-corrected chi connectivity index (χ2v) is 18.9. The Morgan fingerprint density at radius 1 is 0.134 bits per heavy atom. The first-order valence-electron chi connectivity index (χ1n) is 31.6. The lowest BCUT2D eigenvalue weighted by Crippen LogP contribution is -2.16. The molecule has 0 aromatic carbocycles. The van der Waals surface area contributed by atoms with E-state index in [1.165, 1.54) is 96.3 Å². The monoisotopic (exact) mass is 1190 g/mol. The van der Waals surface area contributed by atoms with Gasteiger partial charge in [-0.05, 0) is 6.42 Å². The summed E-state index contributed by atoms with van der Waals surface area (Å²) in [7, 11) is 0. The summed E-state index contributed by atoms with van der Waals surface area (Å²) >= 11 is 0. The van der Waals surface area contributed by atoms with Gasteiger partial charge in [-0.3, -0.25) is 0 Å². The fourth-order valence-corrected chi connectivity index (χ4v) is 7.32. The van der Waals surface area contributed by atoms with Crippen LogP contribution in [0.4, 0.5) is 0 Å². The highest BCUT2D eigenvalue weighted by atomic mass is 16.6. The van der Waals surface area contributed by atoms with Gasteiger partial charge in [0.05, 0.1) is 277 Å². The maximum absolute atomic E-state index is 8.61. The zero-order valence-electron chi connectivity index (χ0n) is 51.7. The second-order valence-electron chi connectivity index (χ2n) is 18.9. The van der Waals surface area contributed by atoms with Gasteiger partial charge < -0.3 is 105 Å². The van der Waals surface area contributed by atoms with Gasteiger partial charge in [0.15, 0.2) is 0 Å². The summed E-state index contributed by atoms with van der Waals surface area (Å²) < 4.78 is 116. The molecule has 0 unspecified atom stereocenters. The Morgan fingerprint density at radius 2 is 0.244 bits per heavy atom. The lowest BCUT2D eigenvalue weighted by atomic mass is 10.0. The topological polar surface area (TPSA) is 214 Å². The molecule has 0 aliphatic carbocycles. The van der Waals surface area contributed by atoms with Gasteiger partial charge in [-0.25, -0.2) is 0 Å². The van der Waals surface area contributed by atoms with Gasteiger partial charge >= 0.3 is 0 Å². The molecular formula is C60H122O22. The van der Waals surface area contributed by atoms with E-state index < -0.39 is 0 Å². The Kier molecular flexibility index (Phi) is 79.3. The molecule has 0 aliphatic heterocycles. The molecule has 0 rings (SSSR count). The maximum atomic E-state index is 8.61. The molecule has 0 spiro atoms. The summed E-state index contributed by atoms with van der Waals surface area (Å²) in [4.78, 5) is 0. The third-order valence-electron chi connectivity index (χ3n) is 11.8. The van der Waals surface area contributed by atoms with Crippen molar-refractivity contribution in [3.8, 4) is 0 Å². The first-order chi connectivity index (χ1) is 40.9. The molecule has 0 amide bonds. The fourth-order valence-electron chi connectivity index (χ4n) is 7.32. The van der Waals surface area contributed by atoms with Gasteiger partial charge in [-0.15, -0.1) is 0 Å². The summed E-state index contributed by atoms with van der Waals surface area (Å²) in [5.74, 6) is 0. The average molecular weight is 1200 g/mol. The van der Waals surface area contributed by atoms with Gasteiger partial charge in [0, 0.05) is 6.61 Å². The van der Waals surface area contributed by atoms with Crippen LogP contribution in [0.1, 0.15) is 110 Å². The van der Waals surface area contributed by atoms with E-state index in [0.29, 0.717) is 271 Å². The molecule has 0 saturated carbocycles. The van der Waals surface area contributed by atoms with Crippen LogP contribution in [-0.2, 0) is 99.5 Å². The summed E-state index contributed by atoms with van der Waals surface area (Å²) in [5.41, 5.74) is 0. The van der Waals surface area contributed by atoms with Gasteiger partial charge in [-0.2, -0.15) is 0 Å². The van der Waals surface area contributed by atoms with Crippen LogP contribution in [0.25, 0.3) is 0 Å². The summed E-state index contributed by atoms with van der Waals surface area (Å²) in [6.07, 6.45) is 22.1. The van der Waals surface area contributed by atoms with Gasteiger partial charge in [0.2, 0.25) is 0 Å². The molecule has 494 valence electrons. The van der Waals surface area contributed by atoms with E-state index in [1.807, 2.05) is 0 Å². The number of hydrogen-bond acceptors (Lipinski definition) is 22. The largest absolute Gasteiger partial charge is 0.394 e. The molecule has 0 radical (unpaired) electrons. The Hall–Kier alpha value is -0.880. The molecule has 0 atom stereocenters. The molecule has 22 heteroatoms. The van der Waals surface area contributed by atoms with Crippen LogP contribution in [0.2, 0.25) is 0 Å². The molecule has 0 aromatic rings. The SMILES string of the molecule is CCCCCCCCCCCCCCCCCCOCCOCCOCCOCCOCCOCCOCCOCCOCCOCCOCCOCCOCCOCCOCCOCCOCCOCCOCCOCCOCCO. The van der Waals surface area contributed by atoms with Crippen LogP contribution in [0, 0.1) is 0 Å². The van der Waals surface area contributed by atoms with Crippen LogP contribution in [-0.4, -0.2) is 289 Å². The number of rotatable bonds is 79. The predicted molar refractivity (Wildman–Crippen MR) is 314 cm³/mol. The first kappa shape index (κ1) is 81.1. The minimum atomic E-state index is 0.0197. The van der Waals surface area contributed by atoms with Crippen molar-refractivity contribution >= 4 is 0 Å². The zero-order chi connectivity index (χ0) is 58.6. The van der Waals surface area contributed by atoms with E-state index in [2.05, 4.69) is 6.92 Å². The lowest BCUT2D eigenvalue weighted by molar-refractivity contribution is -0.0316. The highest BCUT2D eigenvalue weighted by molar-refractivity contribution is 4.51. The zero-order valence-corrected chi connectivity index (χ0v) is 51.7. The number of hydrogen-bond donors (Lipinski definition) is 1. The van der Waals surface area contributed by atoms with E-state index in [4.69, 9.17) is 105 Å². The summed E-state index contributed by atoms with van der Waals surface area (Å²) in [6.45, 7) is 23.7. The van der Waals surface area contributed by atoms with Crippen molar-refractivity contribution in [2.24, 2.45) is 0 Å². The molecule has 0 aliphatic rings. The minimum absolute atomic E-state index is 0.0197. The summed E-state index contributed by atoms with van der Waals surface area (Å²) in [5, 5.41) is 8.61. The van der Waals surface area contributed by atoms with E-state index >= 15 is 0 Å². The highest BCUT2D eigenvalue weighted by Crippen LogP contribution is 2.14. The number of ether oxygens (including phenoxy) is 21. The molecule has 0 bridgehead atoms. The standard InChI is InChI=1S/C60H122O22/c1-2-3-4-5-6-7-8-9-10-11-12-13-14-15-16-17-19-62-21-23-64-25-27-66-29-31-68-33-35-70-37-39-72-41-43-74-45-47-76-49-51-78-53-55-80-57-59-82-60-58-81-56-54-79-52-50-77-48-46-75-44-42-73-40-38-71-36-34-69-32-30-67-28-26-65-24-22-63-20-18-61/h61H,2-60H2,1H3. The van der Waals surface area contributed by atoms with Crippen molar-refractivity contribution in [2.75, 3.05) is 284 Å². The number of aliphatic hydroxyl groups is 1. The molecule has 0 saturated heterocycles. The summed E-state index contributed by atoms with van der Waals surface area (Å²) in [6, 6.07) is 0. The van der Waals surface area contributed by atoms with Crippen LogP contribution in [0.5, 0.6) is 0 Å². The number of unbranched alkanes of at least 4 members (excludes halogenated alkanes) is 15. The Labute approximate surface area is 496 Å². The predicted octanol–water partition coefficient (Wildman–Crippen LogP) is 6.59. The molecule has 22 nitrogen and oxygen atoms in total. The Balaban J connectivity index is 3.08. The highest BCUT2D eigenvalue weighted by Gasteiger charge is 2.01. The Bertz CT molecular complexity index is 1000. The van der Waals surface area contributed by atoms with E-state index in [1.54, 1.807) is 0 Å². The van der Waals surface area contributed by atoms with Crippen LogP contribution >= 0.6 is 0 Å². The van der Waals surface area contributed by atoms with Crippen molar-refractivity contribution < 1.29 is 105 Å². The third-order valence-corrected chi connectivity index (χ3v) is 11.8. The second kappa shape index (κ2) is 80.1. The lowest BCUT2D eigenvalue weighted by Gasteiger charge is -2.09. The van der Waals surface area contributed by atoms with Crippen LogP contribution < -0.4 is 0 Å². The molecule has 0 fully saturated rings. The van der Waals surface area contributed by atoms with E-state index in [-0.39, 0.29) is 6.61 Å². The number of aliphatic hydroxyl groups excluding tert-OH is 1. The smallest absolute Gasteiger partial charge is 0.0701 e. The molecule has 1 N–H and O–H groups in total. The molecule has 82 heavy (non-hydrogen) atoms. The average Bonchev–Trinajstić information content (AvgIpc) is 3.48. The van der Waals surface area contributed by atoms with Crippen LogP contribution in [0.15, 0.2) is 0 Å². The molecule has 0 aromatic heterocycles. The normalized spacial score (nSPS) is 11.8. The molecule has 0 heterocycles. The van der Waals surface area contributed by atoms with E-state index in [9.17, 15) is 0 Å². The first-order valence-corrected chi connectivity index (χ1v) is 31.6. The van der Waals surface area contributed by atoms with Crippen LogP contribution in [0.3, 0.4) is 0 Å². The van der Waals surface area contributed by atoms with Crippen molar-refractivity contribution in [1.29, 1.82) is 0 Å². The van der Waals surface area contributed by atoms with Crippen molar-refractivity contribution in [1.82, 2.24) is 0 Å². The third kappa shape index (κ3) is 79.1. The fraction of sp³-hybridized carbons (Fsp3) is 1.00. The minimum Gasteiger partial charge on any atom is -0.394 e. The van der Waals surface area contributed by atoms with Gasteiger partial charge in [-0.1, -0.05) is 103 Å². The van der Waals surface area contributed by atoms with Crippen molar-refractivity contribution in [3.05, 3.63) is 0 Å². The van der Waals surface area contributed by atoms with Gasteiger partial charge in [0.1, 0.15) is 0 Å². The Morgan fingerprint density at radius 3 is 0.378 bits per heavy atom. The van der Waals surface area contributed by atoms with Crippen molar-refractivity contribution in [2.45, 2.75) is 110 Å². The van der Waals surface area contributed by atoms with Crippen molar-refractivity contribution in [3.63, 3.8) is 0 Å². The van der Waals surface area contributed by atoms with Gasteiger partial charge in [0.25, 0.3) is 0 Å². The van der Waals surface area contributed by atoms with E-state index in [0.717, 1.165) is 13.0 Å². The molecular weight excluding hydrogens is 1070 g/mol.